The lowest BCUT2D eigenvalue weighted by Crippen LogP contribution is -2.19. The van der Waals surface area contributed by atoms with Gasteiger partial charge in [-0.1, -0.05) is 47.6 Å². The molecule has 21 heavy (non-hydrogen) atoms. The smallest absolute Gasteiger partial charge is 0.170 e. The minimum atomic E-state index is 0.129. The molecule has 0 aliphatic heterocycles. The van der Waals surface area contributed by atoms with E-state index in [4.69, 9.17) is 10.9 Å². The van der Waals surface area contributed by atoms with Gasteiger partial charge >= 0.3 is 0 Å². The third-order valence-electron chi connectivity index (χ3n) is 3.60. The molecule has 0 heterocycles. The lowest BCUT2D eigenvalue weighted by atomic mass is 10.0. The zero-order valence-corrected chi connectivity index (χ0v) is 12.4. The maximum atomic E-state index is 8.72. The number of nitrogens with zero attached hydrogens (tertiary/aromatic N) is 1. The molecule has 0 unspecified atom stereocenters. The van der Waals surface area contributed by atoms with Crippen molar-refractivity contribution in [3.05, 3.63) is 70.8 Å². The molecule has 0 saturated heterocycles. The number of amidine groups is 1. The van der Waals surface area contributed by atoms with Gasteiger partial charge in [0.25, 0.3) is 0 Å². The molecule has 4 nitrogen and oxygen atoms in total. The van der Waals surface area contributed by atoms with Crippen LogP contribution in [0.3, 0.4) is 0 Å². The van der Waals surface area contributed by atoms with E-state index in [-0.39, 0.29) is 11.9 Å². The van der Waals surface area contributed by atoms with Crippen LogP contribution in [0.1, 0.15) is 35.2 Å². The lowest BCUT2D eigenvalue weighted by molar-refractivity contribution is 0.318. The summed E-state index contributed by atoms with van der Waals surface area (Å²) < 4.78 is 0. The van der Waals surface area contributed by atoms with Crippen LogP contribution in [0.25, 0.3) is 0 Å². The molecule has 0 aliphatic rings. The molecule has 0 fully saturated rings. The molecular formula is C17H21N3O. The van der Waals surface area contributed by atoms with Crippen molar-refractivity contribution in [3.8, 4) is 0 Å². The molecule has 0 amide bonds. The van der Waals surface area contributed by atoms with Gasteiger partial charge in [0, 0.05) is 18.2 Å². The molecule has 110 valence electrons. The molecule has 0 aromatic heterocycles. The summed E-state index contributed by atoms with van der Waals surface area (Å²) in [6, 6.07) is 16.3. The Morgan fingerprint density at radius 2 is 2.00 bits per heavy atom. The highest BCUT2D eigenvalue weighted by atomic mass is 16.4. The van der Waals surface area contributed by atoms with Gasteiger partial charge < -0.3 is 16.3 Å². The fourth-order valence-corrected chi connectivity index (χ4v) is 2.35. The number of nitrogens with two attached hydrogens (primary N) is 1. The topological polar surface area (TPSA) is 70.6 Å². The van der Waals surface area contributed by atoms with Crippen molar-refractivity contribution in [1.82, 2.24) is 5.32 Å². The molecule has 2 aromatic rings. The van der Waals surface area contributed by atoms with Crippen LogP contribution in [0.15, 0.2) is 53.7 Å². The van der Waals surface area contributed by atoms with Gasteiger partial charge in [0.1, 0.15) is 0 Å². The molecule has 1 atom stereocenters. The van der Waals surface area contributed by atoms with Crippen LogP contribution in [0.4, 0.5) is 0 Å². The second kappa shape index (κ2) is 6.90. The fourth-order valence-electron chi connectivity index (χ4n) is 2.35. The molecular weight excluding hydrogens is 262 g/mol. The van der Waals surface area contributed by atoms with E-state index in [1.54, 1.807) is 0 Å². The quantitative estimate of drug-likeness (QED) is 0.342. The van der Waals surface area contributed by atoms with Crippen LogP contribution in [0.5, 0.6) is 0 Å². The third kappa shape index (κ3) is 3.83. The maximum Gasteiger partial charge on any atom is 0.170 e. The summed E-state index contributed by atoms with van der Waals surface area (Å²) in [5, 5.41) is 15.2. The second-order valence-corrected chi connectivity index (χ2v) is 5.14. The van der Waals surface area contributed by atoms with Gasteiger partial charge in [0.05, 0.1) is 0 Å². The van der Waals surface area contributed by atoms with Crippen molar-refractivity contribution >= 4 is 5.84 Å². The number of oxime groups is 1. The van der Waals surface area contributed by atoms with Crippen LogP contribution in [0, 0.1) is 6.92 Å². The molecule has 0 saturated carbocycles. The van der Waals surface area contributed by atoms with Crippen LogP contribution in [0.2, 0.25) is 0 Å². The maximum absolute atomic E-state index is 8.72. The van der Waals surface area contributed by atoms with E-state index in [2.05, 4.69) is 42.5 Å². The van der Waals surface area contributed by atoms with Gasteiger partial charge in [0.15, 0.2) is 5.84 Å². The minimum absolute atomic E-state index is 0.129. The highest BCUT2D eigenvalue weighted by Crippen LogP contribution is 2.17. The van der Waals surface area contributed by atoms with E-state index < -0.39 is 0 Å². The number of benzene rings is 2. The Morgan fingerprint density at radius 3 is 2.71 bits per heavy atom. The molecule has 0 spiro atoms. The van der Waals surface area contributed by atoms with Crippen molar-refractivity contribution in [1.29, 1.82) is 0 Å². The normalized spacial score (nSPS) is 13.1. The van der Waals surface area contributed by atoms with E-state index in [9.17, 15) is 0 Å². The summed E-state index contributed by atoms with van der Waals surface area (Å²) in [6.07, 6.45) is 0. The summed E-state index contributed by atoms with van der Waals surface area (Å²) in [6.45, 7) is 4.99. The zero-order valence-electron chi connectivity index (χ0n) is 12.4. The van der Waals surface area contributed by atoms with E-state index in [1.165, 1.54) is 11.1 Å². The Hall–Kier alpha value is -2.33. The lowest BCUT2D eigenvalue weighted by Gasteiger charge is -2.16. The Kier molecular flexibility index (Phi) is 4.95. The molecule has 0 bridgehead atoms. The van der Waals surface area contributed by atoms with Crippen LogP contribution in [-0.4, -0.2) is 11.0 Å². The summed E-state index contributed by atoms with van der Waals surface area (Å²) in [7, 11) is 0. The number of nitrogens with one attached hydrogen (secondary N) is 1. The van der Waals surface area contributed by atoms with Gasteiger partial charge in [0.2, 0.25) is 0 Å². The predicted molar refractivity (Wildman–Crippen MR) is 85.4 cm³/mol. The van der Waals surface area contributed by atoms with Crippen LogP contribution < -0.4 is 11.1 Å². The summed E-state index contributed by atoms with van der Waals surface area (Å²) in [5.74, 6) is 0.129. The summed E-state index contributed by atoms with van der Waals surface area (Å²) >= 11 is 0. The van der Waals surface area contributed by atoms with E-state index in [1.807, 2.05) is 30.3 Å². The number of rotatable bonds is 5. The minimum Gasteiger partial charge on any atom is -0.409 e. The third-order valence-corrected chi connectivity index (χ3v) is 3.60. The van der Waals surface area contributed by atoms with Crippen LogP contribution in [-0.2, 0) is 6.54 Å². The van der Waals surface area contributed by atoms with E-state index in [0.29, 0.717) is 0 Å². The average molecular weight is 283 g/mol. The first kappa shape index (κ1) is 15.1. The molecule has 4 N–H and O–H groups in total. The zero-order chi connectivity index (χ0) is 15.2. The second-order valence-electron chi connectivity index (χ2n) is 5.14. The van der Waals surface area contributed by atoms with Gasteiger partial charge in [-0.3, -0.25) is 0 Å². The molecule has 0 radical (unpaired) electrons. The molecule has 2 rings (SSSR count). The summed E-state index contributed by atoms with van der Waals surface area (Å²) in [5.41, 5.74) is 10.0. The van der Waals surface area contributed by atoms with E-state index in [0.717, 1.165) is 17.7 Å². The van der Waals surface area contributed by atoms with Gasteiger partial charge in [-0.25, -0.2) is 0 Å². The van der Waals surface area contributed by atoms with Crippen LogP contribution >= 0.6 is 0 Å². The number of aryl methyl sites for hydroxylation is 1. The average Bonchev–Trinajstić information content (AvgIpc) is 2.52. The van der Waals surface area contributed by atoms with Crippen molar-refractivity contribution < 1.29 is 5.21 Å². The van der Waals surface area contributed by atoms with Crippen molar-refractivity contribution in [2.24, 2.45) is 10.9 Å². The monoisotopic (exact) mass is 283 g/mol. The largest absolute Gasteiger partial charge is 0.409 e. The Morgan fingerprint density at radius 1 is 1.24 bits per heavy atom. The van der Waals surface area contributed by atoms with Gasteiger partial charge in [-0.05, 0) is 36.6 Å². The number of hydrogen-bond acceptors (Lipinski definition) is 3. The summed E-state index contributed by atoms with van der Waals surface area (Å²) in [4.78, 5) is 0. The van der Waals surface area contributed by atoms with Crippen molar-refractivity contribution in [2.75, 3.05) is 0 Å². The molecule has 0 aliphatic carbocycles. The predicted octanol–water partition coefficient (Wildman–Crippen LogP) is 2.94. The highest BCUT2D eigenvalue weighted by Gasteiger charge is 2.07. The van der Waals surface area contributed by atoms with Crippen molar-refractivity contribution in [2.45, 2.75) is 26.4 Å². The van der Waals surface area contributed by atoms with Gasteiger partial charge in [-0.15, -0.1) is 0 Å². The molecule has 4 heteroatoms. The highest BCUT2D eigenvalue weighted by molar-refractivity contribution is 5.97. The standard InChI is InChI=1S/C17H21N3O/c1-12-6-3-4-9-16(12)13(2)19-11-14-7-5-8-15(10-14)17(18)20-21/h3-10,13,19,21H,11H2,1-2H3,(H2,18,20)/t13-/m0/s1. The molecule has 2 aromatic carbocycles. The first-order chi connectivity index (χ1) is 10.1. The Bertz CT molecular complexity index is 637. The number of hydrogen-bond donors (Lipinski definition) is 3. The first-order valence-corrected chi connectivity index (χ1v) is 6.97. The Balaban J connectivity index is 2.05. The first-order valence-electron chi connectivity index (χ1n) is 6.97. The van der Waals surface area contributed by atoms with E-state index >= 15 is 0 Å². The van der Waals surface area contributed by atoms with Crippen molar-refractivity contribution in [3.63, 3.8) is 0 Å². The van der Waals surface area contributed by atoms with Gasteiger partial charge in [-0.2, -0.15) is 0 Å². The Labute approximate surface area is 125 Å². The SMILES string of the molecule is Cc1ccccc1[C@H](C)NCc1cccc(/C(N)=N/O)c1. The fraction of sp³-hybridized carbons (Fsp3) is 0.235.